The molecule has 2 N–H and O–H groups in total. The number of benzene rings is 2. The third kappa shape index (κ3) is 3.97. The maximum Gasteiger partial charge on any atom is 0.230 e. The monoisotopic (exact) mass is 357 g/mol. The number of anilines is 2. The molecule has 1 heterocycles. The van der Waals surface area contributed by atoms with Crippen LogP contribution in [0.25, 0.3) is 11.0 Å². The van der Waals surface area contributed by atoms with E-state index in [1.807, 2.05) is 18.2 Å². The summed E-state index contributed by atoms with van der Waals surface area (Å²) in [6, 6.07) is 12.3. The van der Waals surface area contributed by atoms with Crippen molar-refractivity contribution < 1.29 is 14.1 Å². The fourth-order valence-electron chi connectivity index (χ4n) is 2.36. The average molecular weight is 358 g/mol. The number of hydrogen-bond donors (Lipinski definition) is 2. The Labute approximate surface area is 149 Å². The van der Waals surface area contributed by atoms with E-state index in [9.17, 15) is 9.59 Å². The van der Waals surface area contributed by atoms with Gasteiger partial charge in [-0.1, -0.05) is 35.8 Å². The topological polar surface area (TPSA) is 84.2 Å². The Morgan fingerprint density at radius 2 is 1.92 bits per heavy atom. The molecular formula is C18H16ClN3O3. The highest BCUT2D eigenvalue weighted by Crippen LogP contribution is 2.26. The van der Waals surface area contributed by atoms with E-state index in [0.717, 1.165) is 5.39 Å². The smallest absolute Gasteiger partial charge is 0.230 e. The number of nitrogens with zero attached hydrogens (tertiary/aromatic N) is 1. The number of halogens is 1. The van der Waals surface area contributed by atoms with E-state index in [-0.39, 0.29) is 18.2 Å². The molecule has 128 valence electrons. The molecule has 0 radical (unpaired) electrons. The van der Waals surface area contributed by atoms with E-state index in [1.165, 1.54) is 0 Å². The van der Waals surface area contributed by atoms with Crippen LogP contribution in [0.5, 0.6) is 0 Å². The van der Waals surface area contributed by atoms with Crippen LogP contribution in [0.4, 0.5) is 11.4 Å². The lowest BCUT2D eigenvalue weighted by molar-refractivity contribution is -0.116. The molecule has 0 bridgehead atoms. The third-order valence-electron chi connectivity index (χ3n) is 3.63. The van der Waals surface area contributed by atoms with Gasteiger partial charge in [0.15, 0.2) is 5.58 Å². The van der Waals surface area contributed by atoms with Crippen LogP contribution >= 0.6 is 11.6 Å². The molecule has 3 rings (SSSR count). The number of carbonyl (C=O) groups excluding carboxylic acids is 2. The van der Waals surface area contributed by atoms with E-state index >= 15 is 0 Å². The number of amides is 2. The maximum atomic E-state index is 12.2. The number of carbonyl (C=O) groups is 2. The number of nitrogens with one attached hydrogen (secondary N) is 2. The summed E-state index contributed by atoms with van der Waals surface area (Å²) in [6.07, 6.45) is 0.448. The molecule has 6 nitrogen and oxygen atoms in total. The molecule has 0 aliphatic carbocycles. The van der Waals surface area contributed by atoms with Gasteiger partial charge < -0.3 is 15.2 Å². The van der Waals surface area contributed by atoms with Crippen molar-refractivity contribution >= 4 is 45.8 Å². The normalized spacial score (nSPS) is 10.6. The maximum absolute atomic E-state index is 12.2. The fraction of sp³-hybridized carbons (Fsp3) is 0.167. The Hall–Kier alpha value is -2.86. The molecule has 7 heteroatoms. The Morgan fingerprint density at radius 3 is 2.68 bits per heavy atom. The largest absolute Gasteiger partial charge is 0.356 e. The molecule has 3 aromatic rings. The van der Waals surface area contributed by atoms with Gasteiger partial charge >= 0.3 is 0 Å². The van der Waals surface area contributed by atoms with E-state index in [0.29, 0.717) is 34.1 Å². The zero-order chi connectivity index (χ0) is 17.8. The molecular weight excluding hydrogens is 342 g/mol. The summed E-state index contributed by atoms with van der Waals surface area (Å²) in [4.78, 5) is 23.7. The van der Waals surface area contributed by atoms with E-state index in [4.69, 9.17) is 16.1 Å². The Bertz CT molecular complexity index is 936. The second-order valence-electron chi connectivity index (χ2n) is 5.45. The highest BCUT2D eigenvalue weighted by atomic mass is 35.5. The standard InChI is InChI=1S/C18H16ClN3O3/c1-2-17(23)21-14-8-7-11(9-13(14)19)20-18(24)10-15-12-5-3-4-6-16(12)25-22-15/h3-9H,2,10H2,1H3,(H,20,24)(H,21,23). The number of hydrogen-bond acceptors (Lipinski definition) is 4. The van der Waals surface area contributed by atoms with E-state index in [2.05, 4.69) is 15.8 Å². The number of rotatable bonds is 5. The van der Waals surface area contributed by atoms with Crippen molar-refractivity contribution in [2.24, 2.45) is 0 Å². The minimum absolute atomic E-state index is 0.0863. The second-order valence-corrected chi connectivity index (χ2v) is 5.85. The highest BCUT2D eigenvalue weighted by molar-refractivity contribution is 6.34. The predicted octanol–water partition coefficient (Wildman–Crippen LogP) is 4.01. The van der Waals surface area contributed by atoms with E-state index in [1.54, 1.807) is 31.2 Å². The van der Waals surface area contributed by atoms with E-state index < -0.39 is 0 Å². The van der Waals surface area contributed by atoms with Gasteiger partial charge in [0.1, 0.15) is 5.69 Å². The van der Waals surface area contributed by atoms with Crippen molar-refractivity contribution in [1.29, 1.82) is 0 Å². The van der Waals surface area contributed by atoms with Gasteiger partial charge in [-0.05, 0) is 30.3 Å². The van der Waals surface area contributed by atoms with Crippen molar-refractivity contribution in [1.82, 2.24) is 5.16 Å². The lowest BCUT2D eigenvalue weighted by atomic mass is 10.1. The lowest BCUT2D eigenvalue weighted by Crippen LogP contribution is -2.15. The summed E-state index contributed by atoms with van der Waals surface area (Å²) in [5, 5.41) is 10.6. The van der Waals surface area contributed by atoms with Crippen molar-refractivity contribution in [3.8, 4) is 0 Å². The number of aromatic nitrogens is 1. The Morgan fingerprint density at radius 1 is 1.12 bits per heavy atom. The van der Waals surface area contributed by atoms with Crippen LogP contribution in [0.3, 0.4) is 0 Å². The molecule has 0 unspecified atom stereocenters. The van der Waals surface area contributed by atoms with Crippen LogP contribution in [0, 0.1) is 0 Å². The van der Waals surface area contributed by atoms with Gasteiger partial charge in [0, 0.05) is 17.5 Å². The van der Waals surface area contributed by atoms with Crippen molar-refractivity contribution in [2.45, 2.75) is 19.8 Å². The zero-order valence-corrected chi connectivity index (χ0v) is 14.3. The minimum Gasteiger partial charge on any atom is -0.356 e. The van der Waals surface area contributed by atoms with Gasteiger partial charge in [0.05, 0.1) is 17.1 Å². The van der Waals surface area contributed by atoms with Crippen LogP contribution in [0.15, 0.2) is 47.0 Å². The van der Waals surface area contributed by atoms with Crippen molar-refractivity contribution in [3.63, 3.8) is 0 Å². The first-order valence-corrected chi connectivity index (χ1v) is 8.17. The summed E-state index contributed by atoms with van der Waals surface area (Å²) >= 11 is 6.14. The average Bonchev–Trinajstić information content (AvgIpc) is 3.00. The van der Waals surface area contributed by atoms with Gasteiger partial charge in [-0.25, -0.2) is 0 Å². The second kappa shape index (κ2) is 7.36. The summed E-state index contributed by atoms with van der Waals surface area (Å²) in [6.45, 7) is 1.76. The van der Waals surface area contributed by atoms with Gasteiger partial charge in [-0.3, -0.25) is 9.59 Å². The van der Waals surface area contributed by atoms with Crippen molar-refractivity contribution in [2.75, 3.05) is 10.6 Å². The Balaban J connectivity index is 1.68. The van der Waals surface area contributed by atoms with Crippen LogP contribution in [-0.4, -0.2) is 17.0 Å². The quantitative estimate of drug-likeness (QED) is 0.722. The predicted molar refractivity (Wildman–Crippen MR) is 96.7 cm³/mol. The minimum atomic E-state index is -0.236. The molecule has 2 aromatic carbocycles. The summed E-state index contributed by atoms with van der Waals surface area (Å²) in [5.74, 6) is -0.364. The fourth-order valence-corrected chi connectivity index (χ4v) is 2.58. The SMILES string of the molecule is CCC(=O)Nc1ccc(NC(=O)Cc2noc3ccccc23)cc1Cl. The molecule has 0 aliphatic rings. The molecule has 0 saturated heterocycles. The number of fused-ring (bicyclic) bond motifs is 1. The third-order valence-corrected chi connectivity index (χ3v) is 3.94. The first-order chi connectivity index (χ1) is 12.1. The molecule has 2 amide bonds. The van der Waals surface area contributed by atoms with Crippen LogP contribution in [-0.2, 0) is 16.0 Å². The van der Waals surface area contributed by atoms with Gasteiger partial charge in [-0.2, -0.15) is 0 Å². The van der Waals surface area contributed by atoms with Gasteiger partial charge in [0.2, 0.25) is 11.8 Å². The molecule has 0 atom stereocenters. The van der Waals surface area contributed by atoms with Crippen LogP contribution in [0.1, 0.15) is 19.0 Å². The van der Waals surface area contributed by atoms with Crippen molar-refractivity contribution in [3.05, 3.63) is 53.2 Å². The summed E-state index contributed by atoms with van der Waals surface area (Å²) in [5.41, 5.74) is 2.27. The first-order valence-electron chi connectivity index (χ1n) is 7.79. The van der Waals surface area contributed by atoms with Crippen LogP contribution in [0.2, 0.25) is 5.02 Å². The molecule has 0 fully saturated rings. The van der Waals surface area contributed by atoms with Gasteiger partial charge in [-0.15, -0.1) is 0 Å². The van der Waals surface area contributed by atoms with Gasteiger partial charge in [0.25, 0.3) is 0 Å². The molecule has 0 aliphatic heterocycles. The number of para-hydroxylation sites is 1. The molecule has 1 aromatic heterocycles. The lowest BCUT2D eigenvalue weighted by Gasteiger charge is -2.09. The first kappa shape index (κ1) is 17.0. The molecule has 0 spiro atoms. The molecule has 0 saturated carbocycles. The van der Waals surface area contributed by atoms with Crippen LogP contribution < -0.4 is 10.6 Å². The zero-order valence-electron chi connectivity index (χ0n) is 13.5. The summed E-state index contributed by atoms with van der Waals surface area (Å²) < 4.78 is 5.19. The summed E-state index contributed by atoms with van der Waals surface area (Å²) in [7, 11) is 0. The molecule has 25 heavy (non-hydrogen) atoms. The Kier molecular flexibility index (Phi) is 5.00. The highest BCUT2D eigenvalue weighted by Gasteiger charge is 2.13.